The minimum atomic E-state index is -0.326. The molecule has 0 fully saturated rings. The first kappa shape index (κ1) is 146. The minimum Gasteiger partial charge on any atom is -0.619 e. The van der Waals surface area contributed by atoms with Crippen molar-refractivity contribution in [1.29, 1.82) is 0 Å². The summed E-state index contributed by atoms with van der Waals surface area (Å²) in [6.45, 7) is 33.0. The summed E-state index contributed by atoms with van der Waals surface area (Å²) in [5, 5.41) is 18.9. The molecule has 10 nitrogen and oxygen atoms in total. The number of aliphatic imine (C=N–C) groups is 1. The summed E-state index contributed by atoms with van der Waals surface area (Å²) >= 11 is 5.78. The number of pyridine rings is 5. The van der Waals surface area contributed by atoms with Crippen LogP contribution in [0.2, 0.25) is 5.15 Å². The SMILES string of the molecule is CC.CC.CC.CC.CC.CC.CC.CC(C)CN=Cc1ccc(F)cc1.COc1nccc2cc(F)ccc12.Fc1ccc2c(Cl)nccc2c1.Fc1ccc2cnccc2c1.O=Cc1ccc(F)cc1.O=c1[nH]ccc2cc(F)ccc12.[CH3-].[CH3-].[CH3-].[CH3-].[CH3-].[CH3-].[CH3-].[O-][n+]1ccc2cc(F)ccc2c1.[Y].[Y].[Y].[Y].[Y].[Y].[Y]. The Labute approximate surface area is 838 Å². The van der Waals surface area contributed by atoms with Crippen molar-refractivity contribution in [2.24, 2.45) is 10.9 Å². The fourth-order valence-electron chi connectivity index (χ4n) is 7.21. The third kappa shape index (κ3) is 60.4. The van der Waals surface area contributed by atoms with Gasteiger partial charge in [0.25, 0.3) is 5.56 Å². The van der Waals surface area contributed by atoms with E-state index in [1.165, 1.54) is 122 Å². The van der Waals surface area contributed by atoms with Gasteiger partial charge in [-0.25, -0.2) is 40.7 Å². The first-order chi connectivity index (χ1) is 46.5. The molecule has 0 atom stereocenters. The van der Waals surface area contributed by atoms with E-state index in [9.17, 15) is 45.5 Å². The summed E-state index contributed by atoms with van der Waals surface area (Å²) in [6, 6.07) is 42.2. The molecule has 591 valence electrons. The predicted molar refractivity (Wildman–Crippen MR) is 434 cm³/mol. The fraction of sp³-hybridized carbons (Fsp3) is 0.224. The first-order valence-corrected chi connectivity index (χ1v) is 32.1. The molecule has 0 aliphatic rings. The number of ether oxygens (including phenoxy) is 1. The molecule has 0 spiro atoms. The van der Waals surface area contributed by atoms with Gasteiger partial charge >= 0.3 is 0 Å². The Bertz CT molecular complexity index is 4120. The van der Waals surface area contributed by atoms with Crippen LogP contribution >= 0.6 is 11.6 Å². The Morgan fingerprint density at radius 1 is 0.445 bits per heavy atom. The van der Waals surface area contributed by atoms with E-state index in [1.54, 1.807) is 105 Å². The molecule has 110 heavy (non-hydrogen) atoms. The van der Waals surface area contributed by atoms with Gasteiger partial charge in [-0.15, -0.1) is 0 Å². The summed E-state index contributed by atoms with van der Waals surface area (Å²) in [7, 11) is 1.55. The summed E-state index contributed by atoms with van der Waals surface area (Å²) < 4.78 is 93.8. The number of halogens is 8. The molecule has 0 unspecified atom stereocenters. The Balaban J connectivity index is -0.0000000639. The third-order valence-corrected chi connectivity index (χ3v) is 11.5. The topological polar surface area (TPSA) is 137 Å². The number of benzene rings is 7. The summed E-state index contributed by atoms with van der Waals surface area (Å²) in [4.78, 5) is 39.7. The maximum atomic E-state index is 12.8. The van der Waals surface area contributed by atoms with Crippen LogP contribution in [0.15, 0.2) is 223 Å². The number of aromatic nitrogens is 5. The number of aldehydes is 1. The van der Waals surface area contributed by atoms with Gasteiger partial charge in [0.2, 0.25) is 5.88 Å². The van der Waals surface area contributed by atoms with Crippen molar-refractivity contribution in [2.45, 2.75) is 111 Å². The summed E-state index contributed by atoms with van der Waals surface area (Å²) in [5.41, 5.74) is 1.26. The largest absolute Gasteiger partial charge is 0.619 e. The molecule has 5 aromatic heterocycles. The molecule has 0 aliphatic carbocycles. The van der Waals surface area contributed by atoms with Crippen LogP contribution in [-0.4, -0.2) is 46.1 Å². The second kappa shape index (κ2) is 92.4. The Morgan fingerprint density at radius 2 is 0.800 bits per heavy atom. The molecule has 12 aromatic rings. The number of methoxy groups -OCH3 is 1. The monoisotopic (exact) mass is 2070 g/mol. The molecule has 12 rings (SSSR count). The second-order valence-electron chi connectivity index (χ2n) is 17.7. The molecule has 1 N–H and O–H groups in total. The van der Waals surface area contributed by atoms with Crippen molar-refractivity contribution in [2.75, 3.05) is 13.7 Å². The van der Waals surface area contributed by atoms with Crippen LogP contribution in [0.25, 0.3) is 53.9 Å². The van der Waals surface area contributed by atoms with Crippen molar-refractivity contribution in [3.63, 3.8) is 0 Å². The standard InChI is InChI=1S/C11H14FN.C10H8FNO.C9H5ClFN.2C9H6FNO.C9H6FN.C7H5FO.7C2H6.7CH3.7Y/c1-9(2)7-13-8-10-3-5-11(12)6-4-10;1-13-10-9-3-2-8(11)6-7(9)4-5-12-10;10-9-8-2-1-7(11)5-6(8)3-4-12-9;10-9-2-1-8-6-11(12)4-3-7(8)5-9;10-7-1-2-8-6(5-7)3-4-11-9(8)12;10-9-2-1-8-6-11-4-3-7(8)5-9;8-7-3-1-6(5-9)2-4-7;7*1-2;;;;;;;;;;;;;;/h3-6,8-9H,7H2,1-2H3;2-6H,1H3;1-5H;1-6H;1-5H,(H,11,12);1-6H;1-5H;7*1-2H3;7*1H3;;;;;;;/q;;;;;;;;;;;;;;7*-1;;;;;;;. The van der Waals surface area contributed by atoms with Crippen molar-refractivity contribution in [3.05, 3.63) is 338 Å². The predicted octanol–water partition coefficient (Wildman–Crippen LogP) is 25.9. The number of hydrogen-bond acceptors (Lipinski definition) is 8. The quantitative estimate of drug-likeness (QED) is 0.0344. The van der Waals surface area contributed by atoms with Crippen LogP contribution in [0.5, 0.6) is 5.88 Å². The van der Waals surface area contributed by atoms with E-state index >= 15 is 0 Å². The maximum Gasteiger partial charge on any atom is 0.255 e. The molecular formula is C85H113ClF7N6O4Y7-7. The molecule has 7 aromatic carbocycles. The van der Waals surface area contributed by atoms with E-state index in [-0.39, 0.29) is 327 Å². The Kier molecular flexibility index (Phi) is 123. The fourth-order valence-corrected chi connectivity index (χ4v) is 7.44. The second-order valence-corrected chi connectivity index (χ2v) is 18.1. The van der Waals surface area contributed by atoms with Crippen LogP contribution < -0.4 is 15.0 Å². The van der Waals surface area contributed by atoms with Gasteiger partial charge in [0.1, 0.15) is 52.2 Å². The van der Waals surface area contributed by atoms with E-state index < -0.39 is 0 Å². The molecule has 0 saturated heterocycles. The maximum absolute atomic E-state index is 12.8. The Morgan fingerprint density at radius 3 is 1.24 bits per heavy atom. The zero-order valence-corrected chi connectivity index (χ0v) is 89.7. The number of rotatable bonds is 5. The molecule has 5 heterocycles. The number of hydrogen-bond donors (Lipinski definition) is 1. The van der Waals surface area contributed by atoms with E-state index in [2.05, 4.69) is 38.8 Å². The molecule has 0 saturated carbocycles. The zero-order chi connectivity index (χ0) is 73.0. The molecule has 0 bridgehead atoms. The Hall–Kier alpha value is -2.14. The van der Waals surface area contributed by atoms with E-state index in [4.69, 9.17) is 16.3 Å². The van der Waals surface area contributed by atoms with Crippen LogP contribution in [0.1, 0.15) is 127 Å². The minimum absolute atomic E-state index is 0. The van der Waals surface area contributed by atoms with Gasteiger partial charge in [-0.3, -0.25) is 19.6 Å². The molecular weight excluding hydrogens is 1960 g/mol. The van der Waals surface area contributed by atoms with Crippen LogP contribution in [0, 0.1) is 104 Å². The van der Waals surface area contributed by atoms with Gasteiger partial charge in [-0.2, -0.15) is 4.73 Å². The van der Waals surface area contributed by atoms with Gasteiger partial charge in [0.15, 0.2) is 12.4 Å². The molecule has 25 heteroatoms. The van der Waals surface area contributed by atoms with Crippen LogP contribution in [0.3, 0.4) is 0 Å². The van der Waals surface area contributed by atoms with E-state index in [0.717, 1.165) is 55.2 Å². The van der Waals surface area contributed by atoms with Gasteiger partial charge in [-0.1, -0.05) is 135 Å². The van der Waals surface area contributed by atoms with Gasteiger partial charge in [0.05, 0.1) is 7.11 Å². The number of nitrogens with one attached hydrogen (secondary N) is 1. The molecule has 0 amide bonds. The van der Waals surface area contributed by atoms with E-state index in [0.29, 0.717) is 44.3 Å². The summed E-state index contributed by atoms with van der Waals surface area (Å²) in [6.07, 6.45) is 13.3. The van der Waals surface area contributed by atoms with Crippen molar-refractivity contribution in [1.82, 2.24) is 19.9 Å². The van der Waals surface area contributed by atoms with Crippen molar-refractivity contribution in [3.8, 4) is 5.88 Å². The van der Waals surface area contributed by atoms with Crippen molar-refractivity contribution < 1.29 is 274 Å². The first-order valence-electron chi connectivity index (χ1n) is 31.8. The van der Waals surface area contributed by atoms with E-state index in [1.807, 2.05) is 96.9 Å². The average Bonchev–Trinajstić information content (AvgIpc) is 0.844. The van der Waals surface area contributed by atoms with Gasteiger partial charge in [-0.05, 0) is 190 Å². The number of carbonyl (C=O) groups excluding carboxylic acids is 1. The average molecular weight is 2070 g/mol. The third-order valence-electron chi connectivity index (χ3n) is 11.2. The number of carbonyl (C=O) groups is 1. The van der Waals surface area contributed by atoms with Crippen LogP contribution in [0.4, 0.5) is 30.7 Å². The number of H-pyrrole nitrogens is 1. The van der Waals surface area contributed by atoms with Gasteiger partial charge in [0, 0.05) is 311 Å². The molecule has 0 aliphatic heterocycles. The number of fused-ring (bicyclic) bond motifs is 5. The smallest absolute Gasteiger partial charge is 0.255 e. The molecule has 7 radical (unpaired) electrons. The number of nitrogens with zero attached hydrogens (tertiary/aromatic N) is 5. The zero-order valence-electron chi connectivity index (χ0n) is 69.1. The van der Waals surface area contributed by atoms with Gasteiger partial charge < -0.3 is 66.9 Å². The normalized spacial score (nSPS) is 8.13. The van der Waals surface area contributed by atoms with Crippen LogP contribution in [-0.2, 0) is 229 Å². The summed E-state index contributed by atoms with van der Waals surface area (Å²) in [5.74, 6) is -0.760. The number of aromatic amines is 1. The van der Waals surface area contributed by atoms with Crippen molar-refractivity contribution >= 4 is 78.0 Å².